The monoisotopic (exact) mass is 565 g/mol. The minimum Gasteiger partial charge on any atom is -0.444 e. The molecule has 41 heavy (non-hydrogen) atoms. The first-order valence-corrected chi connectivity index (χ1v) is 15.0. The molecule has 3 amide bonds. The summed E-state index contributed by atoms with van der Waals surface area (Å²) in [6, 6.07) is 13.6. The third kappa shape index (κ3) is 11.2. The fraction of sp³-hybridized carbons (Fsp3) is 0.559. The van der Waals surface area contributed by atoms with Crippen LogP contribution in [0.4, 0.5) is 4.79 Å². The highest BCUT2D eigenvalue weighted by Gasteiger charge is 2.37. The van der Waals surface area contributed by atoms with Crippen molar-refractivity contribution < 1.29 is 19.1 Å². The maximum absolute atomic E-state index is 14.5. The van der Waals surface area contributed by atoms with Gasteiger partial charge in [-0.15, -0.1) is 0 Å². The normalized spacial score (nSPS) is 12.9. The van der Waals surface area contributed by atoms with Gasteiger partial charge in [0.05, 0.1) is 0 Å². The molecule has 226 valence electrons. The number of nitrogens with zero attached hydrogens (tertiary/aromatic N) is 1. The van der Waals surface area contributed by atoms with Gasteiger partial charge in [-0.05, 0) is 77.1 Å². The van der Waals surface area contributed by atoms with Gasteiger partial charge in [0.25, 0.3) is 0 Å². The van der Waals surface area contributed by atoms with Gasteiger partial charge in [0.2, 0.25) is 11.8 Å². The van der Waals surface area contributed by atoms with E-state index in [1.54, 1.807) is 25.7 Å². The number of carbonyl (C=O) groups is 3. The lowest BCUT2D eigenvalue weighted by Crippen LogP contribution is -2.54. The molecule has 2 atom stereocenters. The summed E-state index contributed by atoms with van der Waals surface area (Å²) in [5, 5.41) is 5.89. The SMILES string of the molecule is CCCCCCCN(C(=O)C(Cc1ccccc1)NC(=O)OC(C)(C)C)C(C(=O)NC(C)C)c1cccc(C)c1C. The van der Waals surface area contributed by atoms with Crippen LogP contribution in [0.2, 0.25) is 0 Å². The number of carbonyl (C=O) groups excluding carboxylic acids is 3. The average molecular weight is 566 g/mol. The zero-order chi connectivity index (χ0) is 30.6. The number of unbranched alkanes of at least 4 members (excludes halogenated alkanes) is 4. The Hall–Kier alpha value is -3.35. The first-order valence-electron chi connectivity index (χ1n) is 15.0. The Balaban J connectivity index is 2.58. The van der Waals surface area contributed by atoms with E-state index in [1.807, 2.05) is 76.2 Å². The largest absolute Gasteiger partial charge is 0.444 e. The van der Waals surface area contributed by atoms with Crippen LogP contribution in [0.3, 0.4) is 0 Å². The van der Waals surface area contributed by atoms with Crippen molar-refractivity contribution in [2.24, 2.45) is 0 Å². The smallest absolute Gasteiger partial charge is 0.408 e. The van der Waals surface area contributed by atoms with Crippen molar-refractivity contribution in [2.45, 2.75) is 118 Å². The fourth-order valence-corrected chi connectivity index (χ4v) is 4.84. The van der Waals surface area contributed by atoms with Crippen molar-refractivity contribution in [2.75, 3.05) is 6.54 Å². The van der Waals surface area contributed by atoms with E-state index in [2.05, 4.69) is 17.6 Å². The van der Waals surface area contributed by atoms with Crippen LogP contribution < -0.4 is 10.6 Å². The standard InChI is InChI=1S/C34H51N3O4/c1-9-10-11-12-16-22-37(30(31(38)35-24(2)3)28-21-17-18-25(4)26(28)5)32(39)29(23-27-19-14-13-15-20-27)36-33(40)41-34(6,7)8/h13-15,17-21,24,29-30H,9-12,16,22-23H2,1-8H3,(H,35,38)(H,36,40). The third-order valence-corrected chi connectivity index (χ3v) is 6.99. The summed E-state index contributed by atoms with van der Waals surface area (Å²) < 4.78 is 5.54. The molecule has 0 spiro atoms. The molecule has 2 aromatic carbocycles. The highest BCUT2D eigenvalue weighted by Crippen LogP contribution is 2.28. The van der Waals surface area contributed by atoms with Gasteiger partial charge < -0.3 is 20.3 Å². The Labute approximate surface area is 247 Å². The van der Waals surface area contributed by atoms with E-state index in [0.29, 0.717) is 6.54 Å². The van der Waals surface area contributed by atoms with Gasteiger partial charge >= 0.3 is 6.09 Å². The Bertz CT molecular complexity index is 1120. The van der Waals surface area contributed by atoms with Gasteiger partial charge in [-0.3, -0.25) is 9.59 Å². The average Bonchev–Trinajstić information content (AvgIpc) is 2.88. The second kappa shape index (κ2) is 16.2. The van der Waals surface area contributed by atoms with Crippen LogP contribution in [-0.2, 0) is 20.7 Å². The molecule has 0 aliphatic carbocycles. The zero-order valence-corrected chi connectivity index (χ0v) is 26.4. The van der Waals surface area contributed by atoms with E-state index in [1.165, 1.54) is 0 Å². The number of alkyl carbamates (subject to hydrolysis) is 1. The van der Waals surface area contributed by atoms with Crippen molar-refractivity contribution in [1.29, 1.82) is 0 Å². The summed E-state index contributed by atoms with van der Waals surface area (Å²) in [7, 11) is 0. The molecule has 0 fully saturated rings. The molecule has 0 saturated heterocycles. The lowest BCUT2D eigenvalue weighted by Gasteiger charge is -2.36. The van der Waals surface area contributed by atoms with Gasteiger partial charge in [0, 0.05) is 19.0 Å². The van der Waals surface area contributed by atoms with Crippen molar-refractivity contribution >= 4 is 17.9 Å². The summed E-state index contributed by atoms with van der Waals surface area (Å²) in [5.41, 5.74) is 3.00. The van der Waals surface area contributed by atoms with Crippen LogP contribution in [-0.4, -0.2) is 47.0 Å². The van der Waals surface area contributed by atoms with Crippen LogP contribution in [0.25, 0.3) is 0 Å². The van der Waals surface area contributed by atoms with Crippen molar-refractivity contribution in [1.82, 2.24) is 15.5 Å². The van der Waals surface area contributed by atoms with Crippen LogP contribution in [0.1, 0.15) is 102 Å². The fourth-order valence-electron chi connectivity index (χ4n) is 4.84. The molecule has 0 radical (unpaired) electrons. The van der Waals surface area contributed by atoms with E-state index >= 15 is 0 Å². The second-order valence-corrected chi connectivity index (χ2v) is 12.2. The number of nitrogens with one attached hydrogen (secondary N) is 2. The van der Waals surface area contributed by atoms with Crippen LogP contribution in [0, 0.1) is 13.8 Å². The quantitative estimate of drug-likeness (QED) is 0.247. The Morgan fingerprint density at radius 1 is 0.878 bits per heavy atom. The lowest BCUT2D eigenvalue weighted by molar-refractivity contribution is -0.142. The molecule has 0 aliphatic heterocycles. The summed E-state index contributed by atoms with van der Waals surface area (Å²) in [6.45, 7) is 15.8. The molecule has 0 heterocycles. The third-order valence-electron chi connectivity index (χ3n) is 6.99. The molecular formula is C34H51N3O4. The number of aryl methyl sites for hydroxylation is 1. The molecule has 0 aliphatic rings. The molecule has 0 aromatic heterocycles. The highest BCUT2D eigenvalue weighted by atomic mass is 16.6. The summed E-state index contributed by atoms with van der Waals surface area (Å²) in [4.78, 5) is 43.0. The number of hydrogen-bond donors (Lipinski definition) is 2. The van der Waals surface area contributed by atoms with E-state index in [0.717, 1.165) is 54.4 Å². The molecule has 2 rings (SSSR count). The maximum Gasteiger partial charge on any atom is 0.408 e. The van der Waals surface area contributed by atoms with Crippen LogP contribution >= 0.6 is 0 Å². The van der Waals surface area contributed by atoms with E-state index in [-0.39, 0.29) is 24.3 Å². The van der Waals surface area contributed by atoms with Gasteiger partial charge in [0.15, 0.2) is 0 Å². The summed E-state index contributed by atoms with van der Waals surface area (Å²) in [5.74, 6) is -0.536. The number of ether oxygens (including phenoxy) is 1. The second-order valence-electron chi connectivity index (χ2n) is 12.2. The number of rotatable bonds is 14. The number of hydrogen-bond acceptors (Lipinski definition) is 4. The van der Waals surface area contributed by atoms with Crippen molar-refractivity contribution in [3.63, 3.8) is 0 Å². The summed E-state index contributed by atoms with van der Waals surface area (Å²) >= 11 is 0. The zero-order valence-electron chi connectivity index (χ0n) is 26.4. The van der Waals surface area contributed by atoms with E-state index in [4.69, 9.17) is 4.74 Å². The first-order chi connectivity index (χ1) is 19.3. The van der Waals surface area contributed by atoms with Crippen LogP contribution in [0.5, 0.6) is 0 Å². The molecule has 0 bridgehead atoms. The topological polar surface area (TPSA) is 87.7 Å². The molecule has 2 unspecified atom stereocenters. The Morgan fingerprint density at radius 3 is 2.15 bits per heavy atom. The van der Waals surface area contributed by atoms with Gasteiger partial charge in [-0.1, -0.05) is 81.1 Å². The number of benzene rings is 2. The van der Waals surface area contributed by atoms with E-state index < -0.39 is 23.8 Å². The minimum absolute atomic E-state index is 0.100. The molecular weight excluding hydrogens is 514 g/mol. The Kier molecular flexibility index (Phi) is 13.4. The molecule has 7 nitrogen and oxygen atoms in total. The predicted octanol–water partition coefficient (Wildman–Crippen LogP) is 6.80. The van der Waals surface area contributed by atoms with Crippen molar-refractivity contribution in [3.8, 4) is 0 Å². The van der Waals surface area contributed by atoms with E-state index in [9.17, 15) is 14.4 Å². The van der Waals surface area contributed by atoms with Crippen molar-refractivity contribution in [3.05, 3.63) is 70.8 Å². The molecule has 2 aromatic rings. The molecule has 7 heteroatoms. The van der Waals surface area contributed by atoms with Gasteiger partial charge in [0.1, 0.15) is 17.7 Å². The van der Waals surface area contributed by atoms with Crippen LogP contribution in [0.15, 0.2) is 48.5 Å². The maximum atomic E-state index is 14.5. The van der Waals surface area contributed by atoms with Gasteiger partial charge in [-0.2, -0.15) is 0 Å². The Morgan fingerprint density at radius 2 is 1.54 bits per heavy atom. The first kappa shape index (κ1) is 33.9. The van der Waals surface area contributed by atoms with Gasteiger partial charge in [-0.25, -0.2) is 4.79 Å². The summed E-state index contributed by atoms with van der Waals surface area (Å²) in [6.07, 6.45) is 4.62. The molecule has 0 saturated carbocycles. The predicted molar refractivity (Wildman–Crippen MR) is 166 cm³/mol. The minimum atomic E-state index is -0.914. The molecule has 2 N–H and O–H groups in total. The number of amides is 3. The lowest BCUT2D eigenvalue weighted by atomic mass is 9.94. The highest BCUT2D eigenvalue weighted by molar-refractivity contribution is 5.92.